The van der Waals surface area contributed by atoms with Gasteiger partial charge in [0.05, 0.1) is 18.3 Å². The van der Waals surface area contributed by atoms with Crippen molar-refractivity contribution in [3.05, 3.63) is 52.1 Å². The van der Waals surface area contributed by atoms with Gasteiger partial charge in [-0.15, -0.1) is 5.10 Å². The average Bonchev–Trinajstić information content (AvgIpc) is 3.48. The molecule has 160 valence electrons. The summed E-state index contributed by atoms with van der Waals surface area (Å²) < 4.78 is 12.7. The number of rotatable bonds is 5. The summed E-state index contributed by atoms with van der Waals surface area (Å²) >= 11 is 0. The molecule has 0 radical (unpaired) electrons. The molecular weight excluding hydrogens is 396 g/mol. The summed E-state index contributed by atoms with van der Waals surface area (Å²) in [6, 6.07) is 10.5. The molecule has 5 rings (SSSR count). The van der Waals surface area contributed by atoms with Gasteiger partial charge in [-0.2, -0.15) is 0 Å². The molecule has 1 atom stereocenters. The number of aryl methyl sites for hydroxylation is 2. The SMILES string of the molecule is COCC1CCCN1c1nnc(-c2c(C)nc3c(-c4ccccc4)c(C)[nH]n3c2=O)o1. The van der Waals surface area contributed by atoms with Crippen LogP contribution in [0.25, 0.3) is 28.2 Å². The first kappa shape index (κ1) is 19.5. The van der Waals surface area contributed by atoms with Crippen molar-refractivity contribution in [2.24, 2.45) is 0 Å². The van der Waals surface area contributed by atoms with E-state index in [4.69, 9.17) is 14.1 Å². The second-order valence-electron chi connectivity index (χ2n) is 7.85. The van der Waals surface area contributed by atoms with Crippen molar-refractivity contribution in [3.8, 4) is 22.6 Å². The van der Waals surface area contributed by atoms with E-state index >= 15 is 0 Å². The third-order valence-electron chi connectivity index (χ3n) is 5.81. The molecule has 0 bridgehead atoms. The van der Waals surface area contributed by atoms with E-state index in [1.807, 2.05) is 42.2 Å². The molecule has 1 aromatic carbocycles. The largest absolute Gasteiger partial charge is 0.403 e. The van der Waals surface area contributed by atoms with Crippen molar-refractivity contribution in [2.45, 2.75) is 32.7 Å². The van der Waals surface area contributed by atoms with E-state index in [0.29, 0.717) is 29.5 Å². The van der Waals surface area contributed by atoms with Gasteiger partial charge in [0.15, 0.2) is 5.65 Å². The maximum absolute atomic E-state index is 13.4. The molecule has 1 unspecified atom stereocenters. The van der Waals surface area contributed by atoms with Gasteiger partial charge in [0.25, 0.3) is 11.4 Å². The Bertz CT molecular complexity index is 1290. The fourth-order valence-corrected chi connectivity index (χ4v) is 4.37. The number of anilines is 1. The lowest BCUT2D eigenvalue weighted by molar-refractivity contribution is 0.179. The summed E-state index contributed by atoms with van der Waals surface area (Å²) in [4.78, 5) is 20.2. The number of fused-ring (bicyclic) bond motifs is 1. The van der Waals surface area contributed by atoms with Gasteiger partial charge in [0.1, 0.15) is 5.56 Å². The lowest BCUT2D eigenvalue weighted by Crippen LogP contribution is -2.32. The molecular formula is C22H24N6O3. The van der Waals surface area contributed by atoms with E-state index in [-0.39, 0.29) is 17.5 Å². The molecule has 4 heterocycles. The molecule has 0 amide bonds. The normalized spacial score (nSPS) is 16.5. The second-order valence-corrected chi connectivity index (χ2v) is 7.85. The Labute approximate surface area is 178 Å². The van der Waals surface area contributed by atoms with E-state index in [2.05, 4.69) is 15.3 Å². The highest BCUT2D eigenvalue weighted by Crippen LogP contribution is 2.30. The van der Waals surface area contributed by atoms with E-state index in [1.165, 1.54) is 4.52 Å². The van der Waals surface area contributed by atoms with Gasteiger partial charge in [0, 0.05) is 24.9 Å². The van der Waals surface area contributed by atoms with Crippen LogP contribution in [0, 0.1) is 13.8 Å². The first-order valence-corrected chi connectivity index (χ1v) is 10.3. The van der Waals surface area contributed by atoms with E-state index in [9.17, 15) is 4.79 Å². The molecule has 3 aromatic heterocycles. The van der Waals surface area contributed by atoms with E-state index in [1.54, 1.807) is 14.0 Å². The molecule has 1 aliphatic rings. The van der Waals surface area contributed by atoms with Crippen LogP contribution in [0.4, 0.5) is 6.01 Å². The molecule has 9 heteroatoms. The highest BCUT2D eigenvalue weighted by atomic mass is 16.5. The fraction of sp³-hybridized carbons (Fsp3) is 0.364. The number of methoxy groups -OCH3 is 1. The number of nitrogens with zero attached hydrogens (tertiary/aromatic N) is 5. The molecule has 0 spiro atoms. The van der Waals surface area contributed by atoms with Gasteiger partial charge in [0.2, 0.25) is 0 Å². The molecule has 9 nitrogen and oxygen atoms in total. The average molecular weight is 420 g/mol. The van der Waals surface area contributed by atoms with Gasteiger partial charge in [-0.25, -0.2) is 9.50 Å². The van der Waals surface area contributed by atoms with Gasteiger partial charge < -0.3 is 14.1 Å². The summed E-state index contributed by atoms with van der Waals surface area (Å²) in [6.07, 6.45) is 2.04. The van der Waals surface area contributed by atoms with Crippen LogP contribution in [0.15, 0.2) is 39.5 Å². The van der Waals surface area contributed by atoms with Gasteiger partial charge in [-0.05, 0) is 32.3 Å². The van der Waals surface area contributed by atoms with Crippen LogP contribution in [0.3, 0.4) is 0 Å². The van der Waals surface area contributed by atoms with Crippen molar-refractivity contribution < 1.29 is 9.15 Å². The van der Waals surface area contributed by atoms with Crippen LogP contribution < -0.4 is 10.5 Å². The fourth-order valence-electron chi connectivity index (χ4n) is 4.37. The minimum atomic E-state index is -0.266. The molecule has 1 N–H and O–H groups in total. The topological polar surface area (TPSA) is 102 Å². The van der Waals surface area contributed by atoms with Crippen molar-refractivity contribution in [2.75, 3.05) is 25.2 Å². The summed E-state index contributed by atoms with van der Waals surface area (Å²) in [6.45, 7) is 5.14. The number of aromatic amines is 1. The van der Waals surface area contributed by atoms with E-state index in [0.717, 1.165) is 36.2 Å². The number of ether oxygens (including phenoxy) is 1. The maximum Gasteiger partial charge on any atom is 0.318 e. The van der Waals surface area contributed by atoms with Crippen molar-refractivity contribution in [1.29, 1.82) is 0 Å². The molecule has 1 saturated heterocycles. The zero-order valence-corrected chi connectivity index (χ0v) is 17.8. The van der Waals surface area contributed by atoms with Crippen LogP contribution >= 0.6 is 0 Å². The van der Waals surface area contributed by atoms with Crippen molar-refractivity contribution in [1.82, 2.24) is 24.8 Å². The van der Waals surface area contributed by atoms with Crippen LogP contribution in [0.5, 0.6) is 0 Å². The van der Waals surface area contributed by atoms with Crippen LogP contribution in [0.1, 0.15) is 24.2 Å². The number of nitrogens with one attached hydrogen (secondary N) is 1. The quantitative estimate of drug-likeness (QED) is 0.530. The van der Waals surface area contributed by atoms with Crippen molar-refractivity contribution in [3.63, 3.8) is 0 Å². The second kappa shape index (κ2) is 7.66. The summed E-state index contributed by atoms with van der Waals surface area (Å²) in [5, 5.41) is 11.5. The summed E-state index contributed by atoms with van der Waals surface area (Å²) in [7, 11) is 1.68. The zero-order valence-electron chi connectivity index (χ0n) is 17.8. The number of H-pyrrole nitrogens is 1. The number of hydrogen-bond donors (Lipinski definition) is 1. The third-order valence-corrected chi connectivity index (χ3v) is 5.81. The first-order valence-electron chi connectivity index (χ1n) is 10.3. The highest BCUT2D eigenvalue weighted by Gasteiger charge is 2.30. The molecule has 1 aliphatic heterocycles. The molecule has 0 saturated carbocycles. The highest BCUT2D eigenvalue weighted by molar-refractivity contribution is 5.80. The lowest BCUT2D eigenvalue weighted by Gasteiger charge is -2.21. The molecule has 1 fully saturated rings. The Morgan fingerprint density at radius 3 is 2.77 bits per heavy atom. The lowest BCUT2D eigenvalue weighted by atomic mass is 10.1. The first-order chi connectivity index (χ1) is 15.1. The minimum absolute atomic E-state index is 0.177. The van der Waals surface area contributed by atoms with E-state index < -0.39 is 0 Å². The van der Waals surface area contributed by atoms with Crippen LogP contribution in [-0.4, -0.2) is 51.1 Å². The van der Waals surface area contributed by atoms with Gasteiger partial charge >= 0.3 is 6.01 Å². The Balaban J connectivity index is 1.59. The number of benzene rings is 1. The molecule has 31 heavy (non-hydrogen) atoms. The van der Waals surface area contributed by atoms with Crippen LogP contribution in [0.2, 0.25) is 0 Å². The maximum atomic E-state index is 13.4. The Kier molecular flexibility index (Phi) is 4.82. The summed E-state index contributed by atoms with van der Waals surface area (Å²) in [5.74, 6) is 0.177. The summed E-state index contributed by atoms with van der Waals surface area (Å²) in [5.41, 5.74) is 3.92. The molecule has 4 aromatic rings. The Morgan fingerprint density at radius 1 is 1.19 bits per heavy atom. The van der Waals surface area contributed by atoms with Crippen LogP contribution in [-0.2, 0) is 4.74 Å². The van der Waals surface area contributed by atoms with Gasteiger partial charge in [-0.1, -0.05) is 35.4 Å². The standard InChI is InChI=1S/C22H24N6O3/c1-13-18(20-24-25-22(31-20)27-11-7-10-16(27)12-30-3)21(29)28-19(23-13)17(14(2)26-28)15-8-5-4-6-9-15/h4-6,8-9,16,26H,7,10-12H2,1-3H3. The molecule has 0 aliphatic carbocycles. The Morgan fingerprint density at radius 2 is 2.00 bits per heavy atom. The predicted molar refractivity (Wildman–Crippen MR) is 116 cm³/mol. The Hall–Kier alpha value is -3.46. The zero-order chi connectivity index (χ0) is 21.5. The smallest absolute Gasteiger partial charge is 0.318 e. The number of aromatic nitrogens is 5. The van der Waals surface area contributed by atoms with Crippen molar-refractivity contribution >= 4 is 11.7 Å². The minimum Gasteiger partial charge on any atom is -0.403 e. The number of hydrogen-bond acceptors (Lipinski definition) is 7. The van der Waals surface area contributed by atoms with Gasteiger partial charge in [-0.3, -0.25) is 9.89 Å². The monoisotopic (exact) mass is 420 g/mol. The predicted octanol–water partition coefficient (Wildman–Crippen LogP) is 2.97. The third kappa shape index (κ3) is 3.21.